The molecule has 7 N–H and O–H groups in total. The second kappa shape index (κ2) is 21.5. The molecule has 0 bridgehead atoms. The van der Waals surface area contributed by atoms with Gasteiger partial charge in [-0.05, 0) is 19.8 Å². The van der Waals surface area contributed by atoms with Crippen LogP contribution in [0.1, 0.15) is 110 Å². The van der Waals surface area contributed by atoms with E-state index in [1.165, 1.54) is 57.2 Å². The molecule has 0 aromatic carbocycles. The van der Waals surface area contributed by atoms with Crippen molar-refractivity contribution in [2.75, 3.05) is 18.7 Å². The molecule has 0 radical (unpaired) electrons. The molecule has 0 aliphatic heterocycles. The average Bonchev–Trinajstić information content (AvgIpc) is 3.34. The molecule has 14 heteroatoms. The van der Waals surface area contributed by atoms with Gasteiger partial charge in [0.2, 0.25) is 0 Å². The number of ether oxygens (including phenoxy) is 1. The molecule has 0 amide bonds. The molecule has 0 aliphatic carbocycles. The van der Waals surface area contributed by atoms with Crippen molar-refractivity contribution in [2.45, 2.75) is 128 Å². The molecule has 0 aliphatic rings. The van der Waals surface area contributed by atoms with E-state index in [1.807, 2.05) is 0 Å². The SMILES string of the molecule is C[C@H](Cn1cnc2c(N)ncnc21)OCP(=O)(O)OCCCCCCCCCCCCCCCCCC#CC(F)(F)F.[NH4+]. The number of hydrogen-bond acceptors (Lipinski definition) is 7. The van der Waals surface area contributed by atoms with Crippen LogP contribution >= 0.6 is 7.60 Å². The number of anilines is 1. The van der Waals surface area contributed by atoms with Gasteiger partial charge in [0.15, 0.2) is 11.5 Å². The number of imidazole rings is 1. The van der Waals surface area contributed by atoms with Gasteiger partial charge in [0.1, 0.15) is 18.2 Å². The first-order valence-electron chi connectivity index (χ1n) is 15.1. The Morgan fingerprint density at radius 1 is 0.930 bits per heavy atom. The number of fused-ring (bicyclic) bond motifs is 1. The van der Waals surface area contributed by atoms with Gasteiger partial charge in [-0.3, -0.25) is 4.57 Å². The zero-order chi connectivity index (χ0) is 30.7. The molecule has 2 aromatic rings. The number of rotatable bonds is 23. The van der Waals surface area contributed by atoms with Crippen molar-refractivity contribution in [3.8, 4) is 11.8 Å². The lowest BCUT2D eigenvalue weighted by Gasteiger charge is -2.17. The monoisotopic (exact) mass is 635 g/mol. The smallest absolute Gasteiger partial charge is 0.382 e. The molecule has 2 aromatic heterocycles. The van der Waals surface area contributed by atoms with E-state index in [2.05, 4.69) is 20.9 Å². The number of nitrogens with two attached hydrogens (primary N) is 1. The van der Waals surface area contributed by atoms with Crippen LogP contribution in [0.2, 0.25) is 0 Å². The van der Waals surface area contributed by atoms with E-state index in [-0.39, 0.29) is 25.2 Å². The van der Waals surface area contributed by atoms with Gasteiger partial charge < -0.3 is 30.6 Å². The summed E-state index contributed by atoms with van der Waals surface area (Å²) in [6.07, 6.45) is 14.6. The Bertz CT molecular complexity index is 1140. The highest BCUT2D eigenvalue weighted by Gasteiger charge is 2.23. The van der Waals surface area contributed by atoms with Crippen LogP contribution in [0.15, 0.2) is 12.7 Å². The molecule has 0 fully saturated rings. The topological polar surface area (TPSA) is 162 Å². The van der Waals surface area contributed by atoms with E-state index in [4.69, 9.17) is 15.0 Å². The minimum Gasteiger partial charge on any atom is -0.382 e. The van der Waals surface area contributed by atoms with Gasteiger partial charge >= 0.3 is 13.8 Å². The van der Waals surface area contributed by atoms with Gasteiger partial charge in [0.25, 0.3) is 0 Å². The highest BCUT2D eigenvalue weighted by molar-refractivity contribution is 7.52. The summed E-state index contributed by atoms with van der Waals surface area (Å²) in [4.78, 5) is 22.4. The molecule has 0 saturated carbocycles. The molecule has 2 atom stereocenters. The van der Waals surface area contributed by atoms with Crippen molar-refractivity contribution < 1.29 is 31.9 Å². The number of unbranched alkanes of at least 4 members (excludes halogenated alkanes) is 15. The lowest BCUT2D eigenvalue weighted by Crippen LogP contribution is -2.17. The van der Waals surface area contributed by atoms with Gasteiger partial charge in [0, 0.05) is 12.3 Å². The van der Waals surface area contributed by atoms with Crippen LogP contribution in [0.4, 0.5) is 19.0 Å². The van der Waals surface area contributed by atoms with Crippen LogP contribution in [-0.2, 0) is 20.4 Å². The lowest BCUT2D eigenvalue weighted by atomic mass is 10.0. The molecule has 10 nitrogen and oxygen atoms in total. The van der Waals surface area contributed by atoms with Gasteiger partial charge in [-0.2, -0.15) is 13.2 Å². The number of nitrogen functional groups attached to an aromatic ring is 1. The fraction of sp³-hybridized carbons (Fsp3) is 0.759. The Hall–Kier alpha value is -2.23. The van der Waals surface area contributed by atoms with Crippen molar-refractivity contribution >= 4 is 24.6 Å². The predicted molar refractivity (Wildman–Crippen MR) is 165 cm³/mol. The number of alkyl halides is 3. The number of quaternary nitrogens is 1. The third-order valence-corrected chi connectivity index (χ3v) is 7.94. The molecule has 1 unspecified atom stereocenters. The summed E-state index contributed by atoms with van der Waals surface area (Å²) in [5, 5.41) is 0. The van der Waals surface area contributed by atoms with E-state index in [0.29, 0.717) is 29.9 Å². The Balaban J connectivity index is 0.00000924. The maximum atomic E-state index is 12.3. The molecule has 0 spiro atoms. The van der Waals surface area contributed by atoms with Crippen LogP contribution in [0.3, 0.4) is 0 Å². The Morgan fingerprint density at radius 2 is 1.47 bits per heavy atom. The van der Waals surface area contributed by atoms with Crippen LogP contribution in [0.5, 0.6) is 0 Å². The van der Waals surface area contributed by atoms with Crippen molar-refractivity contribution in [2.24, 2.45) is 0 Å². The van der Waals surface area contributed by atoms with Crippen molar-refractivity contribution in [1.29, 1.82) is 0 Å². The van der Waals surface area contributed by atoms with Gasteiger partial charge in [-0.1, -0.05) is 89.4 Å². The average molecular weight is 636 g/mol. The van der Waals surface area contributed by atoms with Crippen LogP contribution < -0.4 is 11.9 Å². The first kappa shape index (κ1) is 38.8. The van der Waals surface area contributed by atoms with Crippen LogP contribution in [0, 0.1) is 11.8 Å². The predicted octanol–water partition coefficient (Wildman–Crippen LogP) is 8.16. The Morgan fingerprint density at radius 3 is 2.02 bits per heavy atom. The quantitative estimate of drug-likeness (QED) is 0.0626. The molecule has 2 rings (SSSR count). The van der Waals surface area contributed by atoms with E-state index in [9.17, 15) is 22.6 Å². The summed E-state index contributed by atoms with van der Waals surface area (Å²) in [5.41, 5.74) is 6.89. The largest absolute Gasteiger partial charge is 0.457 e. The van der Waals surface area contributed by atoms with E-state index < -0.39 is 13.8 Å². The molecular formula is C29H51F3N6O4P+. The minimum absolute atomic E-state index is 0. The normalized spacial score (nSPS) is 13.7. The first-order valence-corrected chi connectivity index (χ1v) is 16.9. The fourth-order valence-corrected chi connectivity index (χ4v) is 5.54. The molecule has 246 valence electrons. The van der Waals surface area contributed by atoms with Crippen molar-refractivity contribution in [3.05, 3.63) is 12.7 Å². The zero-order valence-corrected chi connectivity index (χ0v) is 26.7. The van der Waals surface area contributed by atoms with Gasteiger partial charge in [-0.15, -0.1) is 0 Å². The Labute approximate surface area is 253 Å². The minimum atomic E-state index is -4.37. The maximum Gasteiger partial charge on any atom is 0.457 e. The van der Waals surface area contributed by atoms with E-state index >= 15 is 0 Å². The summed E-state index contributed by atoms with van der Waals surface area (Å²) in [5.74, 6) is 3.80. The number of halogens is 3. The third kappa shape index (κ3) is 18.2. The summed E-state index contributed by atoms with van der Waals surface area (Å²) in [7, 11) is -3.82. The van der Waals surface area contributed by atoms with Crippen molar-refractivity contribution in [3.63, 3.8) is 0 Å². The number of aromatic nitrogens is 4. The fourth-order valence-electron chi connectivity index (χ4n) is 4.60. The maximum absolute atomic E-state index is 12.3. The molecular weight excluding hydrogens is 584 g/mol. The molecule has 2 heterocycles. The second-order valence-electron chi connectivity index (χ2n) is 10.8. The Kier molecular flexibility index (Phi) is 19.4. The number of hydrogen-bond donors (Lipinski definition) is 3. The summed E-state index contributed by atoms with van der Waals surface area (Å²) in [6.45, 7) is 2.43. The highest BCUT2D eigenvalue weighted by Crippen LogP contribution is 2.42. The van der Waals surface area contributed by atoms with Crippen LogP contribution in [-0.4, -0.2) is 49.6 Å². The molecule has 43 heavy (non-hydrogen) atoms. The standard InChI is InChI=1S/C29H47F3N5O4P.H3N/c1-25(21-37-23-36-26-27(33)34-22-35-28(26)37)40-24-42(38,39)41-20-18-16-14-12-10-8-6-4-2-3-5-7-9-11-13-15-17-19-29(30,31)32;/h22-23,25H,2-16,18,20-21,24H2,1H3,(H,38,39)(H2,33,34,35);1H3/p+1/t25-;/m1./s1. The lowest BCUT2D eigenvalue weighted by molar-refractivity contribution is -0.0697. The number of nitrogens with zero attached hydrogens (tertiary/aromatic N) is 4. The van der Waals surface area contributed by atoms with Gasteiger partial charge in [0.05, 0.1) is 25.6 Å². The highest BCUT2D eigenvalue weighted by atomic mass is 31.2. The summed E-state index contributed by atoms with van der Waals surface area (Å²) in [6, 6.07) is 0. The second-order valence-corrected chi connectivity index (χ2v) is 12.5. The van der Waals surface area contributed by atoms with E-state index in [0.717, 1.165) is 51.4 Å². The van der Waals surface area contributed by atoms with Gasteiger partial charge in [-0.25, -0.2) is 15.0 Å². The first-order chi connectivity index (χ1) is 20.1. The molecule has 0 saturated heterocycles. The van der Waals surface area contributed by atoms with Crippen LogP contribution in [0.25, 0.3) is 11.2 Å². The zero-order valence-electron chi connectivity index (χ0n) is 25.8. The summed E-state index contributed by atoms with van der Waals surface area (Å²) < 4.78 is 60.6. The van der Waals surface area contributed by atoms with E-state index in [1.54, 1.807) is 17.8 Å². The third-order valence-electron chi connectivity index (χ3n) is 6.87. The summed E-state index contributed by atoms with van der Waals surface area (Å²) >= 11 is 0. The van der Waals surface area contributed by atoms with Crippen molar-refractivity contribution in [1.82, 2.24) is 25.7 Å².